The van der Waals surface area contributed by atoms with Crippen LogP contribution in [-0.2, 0) is 7.05 Å². The van der Waals surface area contributed by atoms with Crippen molar-refractivity contribution >= 4 is 32.8 Å². The fourth-order valence-electron chi connectivity index (χ4n) is 2.85. The van der Waals surface area contributed by atoms with Crippen molar-refractivity contribution in [2.45, 2.75) is 6.92 Å². The number of nitrogens with zero attached hydrogens (tertiary/aromatic N) is 2. The van der Waals surface area contributed by atoms with Crippen molar-refractivity contribution in [1.29, 1.82) is 0 Å². The van der Waals surface area contributed by atoms with E-state index >= 15 is 0 Å². The zero-order valence-corrected chi connectivity index (χ0v) is 11.0. The third-order valence-corrected chi connectivity index (χ3v) is 3.82. The molecule has 0 bridgehead atoms. The molecule has 0 saturated carbocycles. The highest BCUT2D eigenvalue weighted by atomic mass is 15.0. The van der Waals surface area contributed by atoms with Crippen molar-refractivity contribution in [3.63, 3.8) is 0 Å². The summed E-state index contributed by atoms with van der Waals surface area (Å²) in [4.78, 5) is 4.82. The maximum Gasteiger partial charge on any atom is 0.141 e. The van der Waals surface area contributed by atoms with Gasteiger partial charge in [-0.15, -0.1) is 0 Å². The van der Waals surface area contributed by atoms with Gasteiger partial charge in [0, 0.05) is 23.2 Å². The molecule has 92 valence electrons. The van der Waals surface area contributed by atoms with E-state index in [1.54, 1.807) is 0 Å². The average molecular weight is 246 g/mol. The fourth-order valence-corrected chi connectivity index (χ4v) is 2.85. The molecule has 0 aliphatic rings. The third-order valence-electron chi connectivity index (χ3n) is 3.82. The molecule has 2 aromatic heterocycles. The van der Waals surface area contributed by atoms with Crippen LogP contribution in [0.25, 0.3) is 32.8 Å². The molecule has 0 spiro atoms. The molecule has 0 amide bonds. The lowest BCUT2D eigenvalue weighted by atomic mass is 10.1. The van der Waals surface area contributed by atoms with Gasteiger partial charge in [0.15, 0.2) is 0 Å². The first-order valence-corrected chi connectivity index (χ1v) is 6.48. The van der Waals surface area contributed by atoms with Gasteiger partial charge in [0.1, 0.15) is 5.65 Å². The number of rotatable bonds is 0. The van der Waals surface area contributed by atoms with Gasteiger partial charge in [-0.1, -0.05) is 29.8 Å². The second kappa shape index (κ2) is 3.58. The van der Waals surface area contributed by atoms with E-state index in [0.29, 0.717) is 0 Å². The van der Waals surface area contributed by atoms with Gasteiger partial charge in [-0.25, -0.2) is 4.98 Å². The predicted molar refractivity (Wildman–Crippen MR) is 80.5 cm³/mol. The minimum absolute atomic E-state index is 1.05. The summed E-state index contributed by atoms with van der Waals surface area (Å²) in [6, 6.07) is 17.1. The minimum Gasteiger partial charge on any atom is -0.328 e. The molecule has 4 aromatic rings. The van der Waals surface area contributed by atoms with E-state index in [1.165, 1.54) is 27.2 Å². The van der Waals surface area contributed by atoms with Crippen molar-refractivity contribution in [1.82, 2.24) is 9.55 Å². The van der Waals surface area contributed by atoms with Crippen LogP contribution in [0.3, 0.4) is 0 Å². The molecular formula is C17H14N2. The molecular weight excluding hydrogens is 232 g/mol. The number of fused-ring (bicyclic) bond motifs is 4. The Morgan fingerprint density at radius 2 is 1.79 bits per heavy atom. The van der Waals surface area contributed by atoms with Gasteiger partial charge in [-0.05, 0) is 31.2 Å². The second-order valence-electron chi connectivity index (χ2n) is 5.13. The van der Waals surface area contributed by atoms with E-state index < -0.39 is 0 Å². The number of hydrogen-bond donors (Lipinski definition) is 0. The average Bonchev–Trinajstić information content (AvgIpc) is 2.70. The van der Waals surface area contributed by atoms with Gasteiger partial charge in [-0.3, -0.25) is 0 Å². The van der Waals surface area contributed by atoms with Crippen LogP contribution in [0.15, 0.2) is 48.5 Å². The Balaban J connectivity index is 2.28. The first-order valence-electron chi connectivity index (χ1n) is 6.48. The summed E-state index contributed by atoms with van der Waals surface area (Å²) < 4.78 is 2.17. The van der Waals surface area contributed by atoms with Crippen LogP contribution >= 0.6 is 0 Å². The van der Waals surface area contributed by atoms with E-state index in [-0.39, 0.29) is 0 Å². The van der Waals surface area contributed by atoms with Crippen LogP contribution in [0.5, 0.6) is 0 Å². The molecule has 2 heteroatoms. The number of aromatic nitrogens is 2. The number of para-hydroxylation sites is 1. The normalized spacial score (nSPS) is 11.7. The zero-order valence-electron chi connectivity index (χ0n) is 11.0. The molecule has 4 rings (SSSR count). The topological polar surface area (TPSA) is 17.8 Å². The number of hydrogen-bond acceptors (Lipinski definition) is 1. The van der Waals surface area contributed by atoms with Crippen LogP contribution in [0.2, 0.25) is 0 Å². The predicted octanol–water partition coefficient (Wildman–Crippen LogP) is 4.19. The number of pyridine rings is 1. The summed E-state index contributed by atoms with van der Waals surface area (Å²) in [5, 5.41) is 3.72. The summed E-state index contributed by atoms with van der Waals surface area (Å²) >= 11 is 0. The molecule has 2 nitrogen and oxygen atoms in total. The Morgan fingerprint density at radius 3 is 2.68 bits per heavy atom. The van der Waals surface area contributed by atoms with Crippen LogP contribution < -0.4 is 0 Å². The summed E-state index contributed by atoms with van der Waals surface area (Å²) in [6.07, 6.45) is 0. The lowest BCUT2D eigenvalue weighted by Gasteiger charge is -2.01. The molecule has 0 N–H and O–H groups in total. The molecule has 19 heavy (non-hydrogen) atoms. The quantitative estimate of drug-likeness (QED) is 0.455. The highest BCUT2D eigenvalue weighted by Gasteiger charge is 2.09. The Bertz CT molecular complexity index is 932. The maximum atomic E-state index is 4.82. The molecule has 0 unspecified atom stereocenters. The van der Waals surface area contributed by atoms with Gasteiger partial charge in [-0.2, -0.15) is 0 Å². The van der Waals surface area contributed by atoms with E-state index in [4.69, 9.17) is 4.98 Å². The molecule has 0 saturated heterocycles. The molecule has 0 aliphatic carbocycles. The smallest absolute Gasteiger partial charge is 0.141 e. The van der Waals surface area contributed by atoms with E-state index in [0.717, 1.165) is 11.2 Å². The van der Waals surface area contributed by atoms with Crippen molar-refractivity contribution < 1.29 is 0 Å². The van der Waals surface area contributed by atoms with E-state index in [1.807, 2.05) is 0 Å². The molecule has 2 aromatic carbocycles. The Morgan fingerprint density at radius 1 is 0.947 bits per heavy atom. The fraction of sp³-hybridized carbons (Fsp3) is 0.118. The molecule has 0 radical (unpaired) electrons. The first-order chi connectivity index (χ1) is 9.24. The van der Waals surface area contributed by atoms with Gasteiger partial charge < -0.3 is 4.57 Å². The zero-order chi connectivity index (χ0) is 13.0. The van der Waals surface area contributed by atoms with Gasteiger partial charge in [0.2, 0.25) is 0 Å². The third kappa shape index (κ3) is 1.40. The highest BCUT2D eigenvalue weighted by Crippen LogP contribution is 2.29. The molecule has 0 atom stereocenters. The maximum absolute atomic E-state index is 4.82. The SMILES string of the molecule is Cc1ccc2nc3c(cc2c1)c1ccccc1n3C. The Kier molecular flexibility index (Phi) is 1.99. The van der Waals surface area contributed by atoms with Gasteiger partial charge in [0.25, 0.3) is 0 Å². The summed E-state index contributed by atoms with van der Waals surface area (Å²) in [5.41, 5.74) is 4.62. The monoisotopic (exact) mass is 246 g/mol. The lowest BCUT2D eigenvalue weighted by Crippen LogP contribution is -1.90. The van der Waals surface area contributed by atoms with Crippen LogP contribution in [0, 0.1) is 6.92 Å². The van der Waals surface area contributed by atoms with Crippen LogP contribution in [-0.4, -0.2) is 9.55 Å². The summed E-state index contributed by atoms with van der Waals surface area (Å²) in [6.45, 7) is 2.12. The first kappa shape index (κ1) is 10.6. The Labute approximate surface area is 111 Å². The van der Waals surface area contributed by atoms with E-state index in [9.17, 15) is 0 Å². The molecule has 0 aliphatic heterocycles. The minimum atomic E-state index is 1.05. The highest BCUT2D eigenvalue weighted by molar-refractivity contribution is 6.09. The second-order valence-corrected chi connectivity index (χ2v) is 5.13. The van der Waals surface area contributed by atoms with Crippen molar-refractivity contribution in [2.24, 2.45) is 7.05 Å². The summed E-state index contributed by atoms with van der Waals surface area (Å²) in [7, 11) is 2.08. The van der Waals surface area contributed by atoms with Crippen LogP contribution in [0.1, 0.15) is 5.56 Å². The Hall–Kier alpha value is -2.35. The standard InChI is InChI=1S/C17H14N2/c1-11-7-8-15-12(9-11)10-14-13-5-3-4-6-16(13)19(2)17(14)18-15/h3-10H,1-2H3. The largest absolute Gasteiger partial charge is 0.328 e. The molecule has 0 fully saturated rings. The summed E-state index contributed by atoms with van der Waals surface area (Å²) in [5.74, 6) is 0. The molecule has 2 heterocycles. The van der Waals surface area contributed by atoms with Crippen molar-refractivity contribution in [3.8, 4) is 0 Å². The van der Waals surface area contributed by atoms with Crippen molar-refractivity contribution in [2.75, 3.05) is 0 Å². The van der Waals surface area contributed by atoms with Gasteiger partial charge in [0.05, 0.1) is 11.0 Å². The van der Waals surface area contributed by atoms with Crippen molar-refractivity contribution in [3.05, 3.63) is 54.1 Å². The number of aryl methyl sites for hydroxylation is 2. The lowest BCUT2D eigenvalue weighted by molar-refractivity contribution is 0.994. The van der Waals surface area contributed by atoms with Crippen LogP contribution in [0.4, 0.5) is 0 Å². The van der Waals surface area contributed by atoms with E-state index in [2.05, 4.69) is 67.1 Å². The van der Waals surface area contributed by atoms with Gasteiger partial charge >= 0.3 is 0 Å². The number of benzene rings is 2.